The van der Waals surface area contributed by atoms with Crippen LogP contribution in [-0.2, 0) is 9.59 Å². The van der Waals surface area contributed by atoms with Crippen LogP contribution in [0.5, 0.6) is 0 Å². The fourth-order valence-electron chi connectivity index (χ4n) is 3.55. The second kappa shape index (κ2) is 5.24. The first-order valence-corrected chi connectivity index (χ1v) is 6.95. The third-order valence-corrected chi connectivity index (χ3v) is 4.68. The second-order valence-corrected chi connectivity index (χ2v) is 5.89. The number of likely N-dealkylation sites (tertiary alicyclic amines) is 1. The Bertz CT molecular complexity index is 588. The molecule has 1 aliphatic heterocycles. The molecular weight excluding hydrogens is 294 g/mol. The van der Waals surface area contributed by atoms with E-state index in [2.05, 4.69) is 0 Å². The van der Waals surface area contributed by atoms with Gasteiger partial charge < -0.3 is 4.79 Å². The Kier molecular flexibility index (Phi) is 3.86. The summed E-state index contributed by atoms with van der Waals surface area (Å²) in [6.45, 7) is 3.02. The minimum Gasteiger partial charge on any atom is -0.300 e. The highest BCUT2D eigenvalue weighted by atomic mass is 16.6. The molecule has 0 amide bonds. The molecule has 9 heteroatoms. The van der Waals surface area contributed by atoms with Crippen molar-refractivity contribution in [2.75, 3.05) is 19.6 Å². The zero-order chi connectivity index (χ0) is 16.7. The van der Waals surface area contributed by atoms with Gasteiger partial charge in [-0.25, -0.2) is 0 Å². The van der Waals surface area contributed by atoms with Crippen LogP contribution in [0, 0.1) is 26.1 Å². The maximum absolute atomic E-state index is 12.3. The predicted octanol–water partition coefficient (Wildman–Crippen LogP) is 0.0871. The number of carbonyl (C=O) groups excluding carboxylic acids is 2. The van der Waals surface area contributed by atoms with E-state index in [1.165, 1.54) is 11.8 Å². The smallest absolute Gasteiger partial charge is 0.300 e. The highest BCUT2D eigenvalue weighted by Crippen LogP contribution is 2.45. The van der Waals surface area contributed by atoms with Gasteiger partial charge in [0.15, 0.2) is 0 Å². The van der Waals surface area contributed by atoms with Gasteiger partial charge in [-0.1, -0.05) is 6.92 Å². The topological polar surface area (TPSA) is 124 Å². The van der Waals surface area contributed by atoms with E-state index in [0.29, 0.717) is 6.54 Å². The zero-order valence-corrected chi connectivity index (χ0v) is 12.4. The van der Waals surface area contributed by atoms with Gasteiger partial charge in [-0.2, -0.15) is 0 Å². The molecule has 3 atom stereocenters. The molecule has 0 aromatic rings. The van der Waals surface area contributed by atoms with Crippen LogP contribution in [0.1, 0.15) is 20.3 Å². The standard InChI is InChI=1S/C13H17N3O6/c1-3-14-7-12(15(19)20)5-4-11(18)13(8-14,16(21)22)10(12)6-9(2)17/h4-5,10H,3,6-8H2,1-2H3/t10-,12-,13+/m0/s1. The summed E-state index contributed by atoms with van der Waals surface area (Å²) in [5.74, 6) is -2.46. The van der Waals surface area contributed by atoms with Gasteiger partial charge in [0.05, 0.1) is 13.1 Å². The van der Waals surface area contributed by atoms with Gasteiger partial charge in [0.2, 0.25) is 5.78 Å². The minimum atomic E-state index is -2.14. The van der Waals surface area contributed by atoms with Crippen molar-refractivity contribution < 1.29 is 19.4 Å². The van der Waals surface area contributed by atoms with Crippen LogP contribution >= 0.6 is 0 Å². The van der Waals surface area contributed by atoms with E-state index >= 15 is 0 Å². The van der Waals surface area contributed by atoms with Gasteiger partial charge in [0, 0.05) is 16.3 Å². The molecule has 22 heavy (non-hydrogen) atoms. The molecule has 0 N–H and O–H groups in total. The Balaban J connectivity index is 2.71. The number of likely N-dealkylation sites (N-methyl/N-ethyl adjacent to an activating group) is 1. The first kappa shape index (κ1) is 16.2. The number of hydrogen-bond donors (Lipinski definition) is 0. The van der Waals surface area contributed by atoms with Crippen molar-refractivity contribution in [3.63, 3.8) is 0 Å². The van der Waals surface area contributed by atoms with Crippen LogP contribution in [0.3, 0.4) is 0 Å². The Labute approximate surface area is 126 Å². The van der Waals surface area contributed by atoms with Crippen molar-refractivity contribution in [1.82, 2.24) is 4.90 Å². The molecule has 120 valence electrons. The third-order valence-electron chi connectivity index (χ3n) is 4.68. The number of carbonyl (C=O) groups is 2. The normalized spacial score (nSPS) is 34.5. The average molecular weight is 311 g/mol. The molecule has 0 spiro atoms. The van der Waals surface area contributed by atoms with Crippen LogP contribution in [0.2, 0.25) is 0 Å². The van der Waals surface area contributed by atoms with Crippen molar-refractivity contribution in [2.24, 2.45) is 5.92 Å². The number of nitrogens with zero attached hydrogens (tertiary/aromatic N) is 3. The Hall–Kier alpha value is -2.16. The SMILES string of the molecule is CCN1C[C@@]2([N+](=O)[O-])C=CC(=O)[C@@]([N+](=O)[O-])(C1)[C@H]2CC(C)=O. The van der Waals surface area contributed by atoms with E-state index in [1.807, 2.05) is 0 Å². The molecule has 1 heterocycles. The Morgan fingerprint density at radius 3 is 2.45 bits per heavy atom. The van der Waals surface area contributed by atoms with Gasteiger partial charge in [-0.3, -0.25) is 29.9 Å². The molecule has 2 bridgehead atoms. The highest BCUT2D eigenvalue weighted by molar-refractivity contribution is 5.99. The van der Waals surface area contributed by atoms with E-state index < -0.39 is 38.4 Å². The van der Waals surface area contributed by atoms with Crippen LogP contribution in [0.15, 0.2) is 12.2 Å². The summed E-state index contributed by atoms with van der Waals surface area (Å²) in [6.07, 6.45) is 1.71. The lowest BCUT2D eigenvalue weighted by molar-refractivity contribution is -0.623. The molecule has 2 rings (SSSR count). The van der Waals surface area contributed by atoms with Gasteiger partial charge in [0.25, 0.3) is 5.54 Å². The third kappa shape index (κ3) is 2.04. The summed E-state index contributed by atoms with van der Waals surface area (Å²) in [7, 11) is 0. The Morgan fingerprint density at radius 1 is 1.36 bits per heavy atom. The van der Waals surface area contributed by atoms with Crippen molar-refractivity contribution in [3.8, 4) is 0 Å². The van der Waals surface area contributed by atoms with E-state index in [-0.39, 0.29) is 19.5 Å². The predicted molar refractivity (Wildman–Crippen MR) is 74.5 cm³/mol. The zero-order valence-electron chi connectivity index (χ0n) is 12.4. The second-order valence-electron chi connectivity index (χ2n) is 5.89. The molecule has 9 nitrogen and oxygen atoms in total. The number of ketones is 2. The van der Waals surface area contributed by atoms with Gasteiger partial charge in [0.1, 0.15) is 11.7 Å². The molecule has 1 saturated heterocycles. The highest BCUT2D eigenvalue weighted by Gasteiger charge is 2.73. The minimum absolute atomic E-state index is 0.0478. The van der Waals surface area contributed by atoms with E-state index in [1.54, 1.807) is 6.92 Å². The maximum Gasteiger partial charge on any atom is 0.305 e. The lowest BCUT2D eigenvalue weighted by Gasteiger charge is -2.47. The fraction of sp³-hybridized carbons (Fsp3) is 0.692. The number of nitro groups is 2. The monoisotopic (exact) mass is 311 g/mol. The maximum atomic E-state index is 12.3. The summed E-state index contributed by atoms with van der Waals surface area (Å²) in [5, 5.41) is 23.4. The molecule has 0 aromatic heterocycles. The van der Waals surface area contributed by atoms with Crippen LogP contribution in [0.25, 0.3) is 0 Å². The summed E-state index contributed by atoms with van der Waals surface area (Å²) in [6, 6.07) is 0. The van der Waals surface area contributed by atoms with Crippen LogP contribution < -0.4 is 0 Å². The number of rotatable bonds is 5. The quantitative estimate of drug-likeness (QED) is 0.520. The lowest BCUT2D eigenvalue weighted by Crippen LogP contribution is -2.75. The van der Waals surface area contributed by atoms with Crippen LogP contribution in [0.4, 0.5) is 0 Å². The first-order chi connectivity index (χ1) is 10.2. The molecule has 2 aliphatic rings. The summed E-state index contributed by atoms with van der Waals surface area (Å²) in [5.41, 5.74) is -3.93. The largest absolute Gasteiger partial charge is 0.305 e. The number of fused-ring (bicyclic) bond motifs is 2. The first-order valence-electron chi connectivity index (χ1n) is 6.95. The summed E-state index contributed by atoms with van der Waals surface area (Å²) < 4.78 is 0. The number of hydrogen-bond acceptors (Lipinski definition) is 7. The molecule has 0 unspecified atom stereocenters. The number of Topliss-reactive ketones (excluding diaryl/α,β-unsaturated/α-hetero) is 1. The van der Waals surface area contributed by atoms with Crippen molar-refractivity contribution in [3.05, 3.63) is 32.4 Å². The van der Waals surface area contributed by atoms with Crippen molar-refractivity contribution in [2.45, 2.75) is 31.3 Å². The van der Waals surface area contributed by atoms with Crippen molar-refractivity contribution in [1.29, 1.82) is 0 Å². The number of piperidine rings is 1. The molecule has 0 radical (unpaired) electrons. The lowest BCUT2D eigenvalue weighted by atomic mass is 9.61. The molecule has 0 aromatic carbocycles. The van der Waals surface area contributed by atoms with Gasteiger partial charge >= 0.3 is 5.54 Å². The van der Waals surface area contributed by atoms with E-state index in [0.717, 1.165) is 12.2 Å². The molecule has 1 aliphatic carbocycles. The van der Waals surface area contributed by atoms with Gasteiger partial charge in [-0.05, 0) is 25.6 Å². The fourth-order valence-corrected chi connectivity index (χ4v) is 3.55. The van der Waals surface area contributed by atoms with Crippen LogP contribution in [-0.4, -0.2) is 57.0 Å². The molecule has 1 fully saturated rings. The van der Waals surface area contributed by atoms with Crippen molar-refractivity contribution >= 4 is 11.6 Å². The average Bonchev–Trinajstić information content (AvgIpc) is 2.42. The van der Waals surface area contributed by atoms with E-state index in [4.69, 9.17) is 0 Å². The van der Waals surface area contributed by atoms with E-state index in [9.17, 15) is 29.8 Å². The molecule has 0 saturated carbocycles. The summed E-state index contributed by atoms with van der Waals surface area (Å²) >= 11 is 0. The summed E-state index contributed by atoms with van der Waals surface area (Å²) in [4.78, 5) is 47.4. The van der Waals surface area contributed by atoms with Gasteiger partial charge in [-0.15, -0.1) is 0 Å². The molecular formula is C13H17N3O6. The Morgan fingerprint density at radius 2 is 2.00 bits per heavy atom.